The van der Waals surface area contributed by atoms with Crippen LogP contribution >= 0.6 is 0 Å². The number of anilines is 4. The van der Waals surface area contributed by atoms with Gasteiger partial charge in [0.1, 0.15) is 11.6 Å². The van der Waals surface area contributed by atoms with Gasteiger partial charge in [0, 0.05) is 31.4 Å². The molecule has 3 aromatic rings. The van der Waals surface area contributed by atoms with Crippen molar-refractivity contribution in [3.8, 4) is 0 Å². The summed E-state index contributed by atoms with van der Waals surface area (Å²) in [5, 5.41) is 17.0. The van der Waals surface area contributed by atoms with Crippen molar-refractivity contribution in [1.82, 2.24) is 19.9 Å². The van der Waals surface area contributed by atoms with E-state index in [4.69, 9.17) is 0 Å². The Hall–Kier alpha value is -3.57. The number of nitrogens with one attached hydrogen (secondary N) is 4. The zero-order valence-corrected chi connectivity index (χ0v) is 18.2. The lowest BCUT2D eigenvalue weighted by Gasteiger charge is -2.17. The minimum atomic E-state index is -3.66. The van der Waals surface area contributed by atoms with E-state index >= 15 is 0 Å². The van der Waals surface area contributed by atoms with Crippen LogP contribution in [0, 0.1) is 6.92 Å². The number of hydrogen-bond acceptors (Lipinski definition) is 8. The first-order valence-corrected chi connectivity index (χ1v) is 11.6. The van der Waals surface area contributed by atoms with Crippen molar-refractivity contribution in [2.45, 2.75) is 24.7 Å². The quantitative estimate of drug-likeness (QED) is 0.381. The van der Waals surface area contributed by atoms with Crippen LogP contribution in [0.5, 0.6) is 0 Å². The zero-order chi connectivity index (χ0) is 22.6. The molecule has 1 amide bonds. The molecule has 0 aliphatic carbocycles. The average molecular weight is 454 g/mol. The lowest BCUT2D eigenvalue weighted by atomic mass is 10.0. The van der Waals surface area contributed by atoms with Gasteiger partial charge in [0.05, 0.1) is 4.90 Å². The van der Waals surface area contributed by atoms with E-state index in [2.05, 4.69) is 35.9 Å². The second-order valence-corrected chi connectivity index (χ2v) is 9.11. The van der Waals surface area contributed by atoms with Gasteiger partial charge in [-0.1, -0.05) is 6.07 Å². The summed E-state index contributed by atoms with van der Waals surface area (Å²) in [5.74, 6) is 1.69. The maximum absolute atomic E-state index is 12.6. The van der Waals surface area contributed by atoms with Crippen molar-refractivity contribution in [1.29, 1.82) is 0 Å². The molecule has 1 aromatic carbocycles. The molecule has 166 valence electrons. The lowest BCUT2D eigenvalue weighted by Crippen LogP contribution is -2.29. The molecule has 0 saturated heterocycles. The predicted molar refractivity (Wildman–Crippen MR) is 121 cm³/mol. The molecule has 4 rings (SSSR count). The summed E-state index contributed by atoms with van der Waals surface area (Å²) in [7, 11) is -3.66. The van der Waals surface area contributed by atoms with Gasteiger partial charge in [0.25, 0.3) is 0 Å². The van der Waals surface area contributed by atoms with Crippen molar-refractivity contribution in [3.05, 3.63) is 59.8 Å². The summed E-state index contributed by atoms with van der Waals surface area (Å²) in [6, 6.07) is 12.0. The average Bonchev–Trinajstić information content (AvgIpc) is 2.79. The number of hydrogen-bond donors (Lipinski definition) is 4. The number of nitrogens with zero attached hydrogens (tertiary/aromatic N) is 3. The number of aromatic nitrogens is 3. The Labute approximate surface area is 185 Å². The monoisotopic (exact) mass is 453 g/mol. The number of sulfonamides is 1. The van der Waals surface area contributed by atoms with Crippen LogP contribution in [0.3, 0.4) is 0 Å². The van der Waals surface area contributed by atoms with E-state index in [1.54, 1.807) is 30.5 Å². The van der Waals surface area contributed by atoms with Gasteiger partial charge in [0.2, 0.25) is 15.9 Å². The molecular formula is C21H23N7O3S. The topological polar surface area (TPSA) is 138 Å². The Morgan fingerprint density at radius 2 is 1.75 bits per heavy atom. The summed E-state index contributed by atoms with van der Waals surface area (Å²) in [4.78, 5) is 15.9. The maximum Gasteiger partial charge on any atom is 0.240 e. The van der Waals surface area contributed by atoms with Gasteiger partial charge in [-0.2, -0.15) is 0 Å². The molecule has 0 spiro atoms. The summed E-state index contributed by atoms with van der Waals surface area (Å²) in [6.07, 6.45) is 2.63. The highest BCUT2D eigenvalue weighted by Gasteiger charge is 2.19. The minimum Gasteiger partial charge on any atom is -0.367 e. The van der Waals surface area contributed by atoms with Crippen molar-refractivity contribution in [3.63, 3.8) is 0 Å². The Kier molecular flexibility index (Phi) is 6.28. The van der Waals surface area contributed by atoms with Gasteiger partial charge in [-0.05, 0) is 60.9 Å². The van der Waals surface area contributed by atoms with Gasteiger partial charge in [0.15, 0.2) is 5.82 Å². The number of fused-ring (bicyclic) bond motifs is 1. The number of benzene rings is 1. The molecular weight excluding hydrogens is 430 g/mol. The third-order valence-corrected chi connectivity index (χ3v) is 6.30. The molecule has 2 aromatic heterocycles. The number of amides is 1. The highest BCUT2D eigenvalue weighted by molar-refractivity contribution is 7.89. The van der Waals surface area contributed by atoms with E-state index in [-0.39, 0.29) is 17.3 Å². The highest BCUT2D eigenvalue weighted by Crippen LogP contribution is 2.25. The SMILES string of the molecule is Cc1ccc(Nc2ccc(NCCNS(=O)(=O)c3ccc4c(c3)CCC(=O)N4)nn2)nc1. The van der Waals surface area contributed by atoms with Crippen molar-refractivity contribution >= 4 is 39.1 Å². The van der Waals surface area contributed by atoms with Crippen LogP contribution in [0.2, 0.25) is 0 Å². The lowest BCUT2D eigenvalue weighted by molar-refractivity contribution is -0.116. The minimum absolute atomic E-state index is 0.0592. The first-order valence-electron chi connectivity index (χ1n) is 10.1. The molecule has 0 unspecified atom stereocenters. The fourth-order valence-electron chi connectivity index (χ4n) is 3.15. The number of carbonyl (C=O) groups is 1. The summed E-state index contributed by atoms with van der Waals surface area (Å²) < 4.78 is 27.7. The number of aryl methyl sites for hydroxylation is 2. The van der Waals surface area contributed by atoms with Crippen LogP contribution in [-0.4, -0.2) is 42.6 Å². The van der Waals surface area contributed by atoms with Gasteiger partial charge in [-0.25, -0.2) is 18.1 Å². The zero-order valence-electron chi connectivity index (χ0n) is 17.4. The summed E-state index contributed by atoms with van der Waals surface area (Å²) in [5.41, 5.74) is 2.55. The molecule has 0 fully saturated rings. The second kappa shape index (κ2) is 9.28. The molecule has 0 bridgehead atoms. The summed E-state index contributed by atoms with van der Waals surface area (Å²) >= 11 is 0. The maximum atomic E-state index is 12.6. The number of rotatable bonds is 8. The Morgan fingerprint density at radius 3 is 2.50 bits per heavy atom. The van der Waals surface area contributed by atoms with E-state index < -0.39 is 10.0 Å². The Balaban J connectivity index is 1.27. The van der Waals surface area contributed by atoms with E-state index in [1.165, 1.54) is 6.07 Å². The molecule has 3 heterocycles. The third-order valence-electron chi connectivity index (χ3n) is 4.84. The van der Waals surface area contributed by atoms with Crippen LogP contribution < -0.4 is 20.7 Å². The number of carbonyl (C=O) groups excluding carboxylic acids is 1. The first kappa shape index (κ1) is 21.7. The van der Waals surface area contributed by atoms with Crippen LogP contribution in [0.15, 0.2) is 53.6 Å². The van der Waals surface area contributed by atoms with Crippen LogP contribution in [-0.2, 0) is 21.2 Å². The second-order valence-electron chi connectivity index (χ2n) is 7.34. The van der Waals surface area contributed by atoms with E-state index in [0.29, 0.717) is 42.5 Å². The fraction of sp³-hybridized carbons (Fsp3) is 0.238. The first-order chi connectivity index (χ1) is 15.4. The Morgan fingerprint density at radius 1 is 0.969 bits per heavy atom. The van der Waals surface area contributed by atoms with Gasteiger partial charge in [-0.15, -0.1) is 10.2 Å². The van der Waals surface area contributed by atoms with Crippen LogP contribution in [0.4, 0.5) is 23.1 Å². The predicted octanol–water partition coefficient (Wildman–Crippen LogP) is 2.20. The van der Waals surface area contributed by atoms with Crippen LogP contribution in [0.1, 0.15) is 17.5 Å². The molecule has 32 heavy (non-hydrogen) atoms. The molecule has 11 heteroatoms. The van der Waals surface area contributed by atoms with E-state index in [9.17, 15) is 13.2 Å². The highest BCUT2D eigenvalue weighted by atomic mass is 32.2. The smallest absolute Gasteiger partial charge is 0.240 e. The molecule has 4 N–H and O–H groups in total. The van der Waals surface area contributed by atoms with Crippen molar-refractivity contribution < 1.29 is 13.2 Å². The van der Waals surface area contributed by atoms with Gasteiger partial charge in [-0.3, -0.25) is 4.79 Å². The van der Waals surface area contributed by atoms with E-state index in [1.807, 2.05) is 19.1 Å². The molecule has 1 aliphatic rings. The molecule has 0 atom stereocenters. The largest absolute Gasteiger partial charge is 0.367 e. The number of pyridine rings is 1. The standard InChI is InChI=1S/C21H23N7O3S/c1-14-2-6-18(23-13-14)26-20-8-7-19(27-28-20)22-10-11-24-32(30,31)16-4-5-17-15(12-16)3-9-21(29)25-17/h2,4-8,12-13,24H,3,9-11H2,1H3,(H,22,27)(H,25,29)(H,23,26,28). The van der Waals surface area contributed by atoms with Gasteiger partial charge >= 0.3 is 0 Å². The molecule has 0 saturated carbocycles. The third kappa shape index (κ3) is 5.37. The Bertz CT molecular complexity index is 1210. The molecule has 1 aliphatic heterocycles. The normalized spacial score (nSPS) is 13.2. The van der Waals surface area contributed by atoms with Crippen LogP contribution in [0.25, 0.3) is 0 Å². The van der Waals surface area contributed by atoms with E-state index in [0.717, 1.165) is 11.1 Å². The van der Waals surface area contributed by atoms with Crippen molar-refractivity contribution in [2.75, 3.05) is 29.0 Å². The molecule has 0 radical (unpaired) electrons. The van der Waals surface area contributed by atoms with Gasteiger partial charge < -0.3 is 16.0 Å². The molecule has 10 nitrogen and oxygen atoms in total. The fourth-order valence-corrected chi connectivity index (χ4v) is 4.23. The van der Waals surface area contributed by atoms with Crippen molar-refractivity contribution in [2.24, 2.45) is 0 Å². The summed E-state index contributed by atoms with van der Waals surface area (Å²) in [6.45, 7) is 2.47.